The molecule has 0 saturated heterocycles. The summed E-state index contributed by atoms with van der Waals surface area (Å²) in [5.41, 5.74) is 0.608. The number of nitrogens with one attached hydrogen (secondary N) is 1. The largest absolute Gasteiger partial charge is 0.385 e. The molecule has 108 valence electrons. The fraction of sp³-hybridized carbons (Fsp3) is 1.00. The summed E-state index contributed by atoms with van der Waals surface area (Å²) in [7, 11) is 1.81. The average Bonchev–Trinajstić information content (AvgIpc) is 3.15. The zero-order valence-electron chi connectivity index (χ0n) is 12.6. The lowest BCUT2D eigenvalue weighted by Gasteiger charge is -2.15. The molecule has 0 aromatic carbocycles. The number of unbranched alkanes of at least 4 members (excludes halogenated alkanes) is 6. The van der Waals surface area contributed by atoms with Crippen molar-refractivity contribution in [2.24, 2.45) is 5.41 Å². The molecule has 2 heteroatoms. The molecule has 0 aromatic rings. The van der Waals surface area contributed by atoms with E-state index in [2.05, 4.69) is 12.2 Å². The smallest absolute Gasteiger partial charge is 0.0468 e. The third-order valence-electron chi connectivity index (χ3n) is 4.25. The van der Waals surface area contributed by atoms with E-state index >= 15 is 0 Å². The van der Waals surface area contributed by atoms with Crippen molar-refractivity contribution >= 4 is 0 Å². The third kappa shape index (κ3) is 7.38. The van der Waals surface area contributed by atoms with E-state index in [9.17, 15) is 0 Å². The number of methoxy groups -OCH3 is 1. The van der Waals surface area contributed by atoms with Crippen LogP contribution in [-0.2, 0) is 4.74 Å². The molecule has 0 unspecified atom stereocenters. The monoisotopic (exact) mass is 255 g/mol. The van der Waals surface area contributed by atoms with Gasteiger partial charge in [0.15, 0.2) is 0 Å². The van der Waals surface area contributed by atoms with Crippen LogP contribution in [-0.4, -0.2) is 26.8 Å². The lowest BCUT2D eigenvalue weighted by atomic mass is 10.0. The molecule has 0 aliphatic heterocycles. The molecule has 0 radical (unpaired) electrons. The van der Waals surface area contributed by atoms with Gasteiger partial charge in [-0.3, -0.25) is 0 Å². The van der Waals surface area contributed by atoms with Crippen molar-refractivity contribution in [3.8, 4) is 0 Å². The van der Waals surface area contributed by atoms with Crippen LogP contribution < -0.4 is 5.32 Å². The second-order valence-electron chi connectivity index (χ2n) is 6.04. The Hall–Kier alpha value is -0.0800. The van der Waals surface area contributed by atoms with Crippen LogP contribution >= 0.6 is 0 Å². The van der Waals surface area contributed by atoms with E-state index < -0.39 is 0 Å². The highest BCUT2D eigenvalue weighted by molar-refractivity contribution is 4.94. The summed E-state index contributed by atoms with van der Waals surface area (Å²) >= 11 is 0. The Labute approximate surface area is 114 Å². The summed E-state index contributed by atoms with van der Waals surface area (Å²) in [6.07, 6.45) is 13.9. The Morgan fingerprint density at radius 1 is 1.00 bits per heavy atom. The molecule has 0 heterocycles. The minimum Gasteiger partial charge on any atom is -0.385 e. The minimum atomic E-state index is 0.608. The van der Waals surface area contributed by atoms with Gasteiger partial charge in [0.2, 0.25) is 0 Å². The van der Waals surface area contributed by atoms with Crippen LogP contribution in [0.3, 0.4) is 0 Å². The molecule has 1 saturated carbocycles. The van der Waals surface area contributed by atoms with E-state index in [1.807, 2.05) is 7.11 Å². The Morgan fingerprint density at radius 2 is 1.67 bits per heavy atom. The van der Waals surface area contributed by atoms with Gasteiger partial charge in [-0.05, 0) is 37.6 Å². The van der Waals surface area contributed by atoms with Gasteiger partial charge >= 0.3 is 0 Å². The first kappa shape index (κ1) is 16.0. The van der Waals surface area contributed by atoms with Crippen LogP contribution in [0.15, 0.2) is 0 Å². The molecule has 0 bridgehead atoms. The van der Waals surface area contributed by atoms with Gasteiger partial charge < -0.3 is 10.1 Å². The fourth-order valence-electron chi connectivity index (χ4n) is 2.57. The zero-order chi connectivity index (χ0) is 13.1. The molecular formula is C16H33NO. The zero-order valence-corrected chi connectivity index (χ0v) is 12.6. The second kappa shape index (κ2) is 9.80. The Balaban J connectivity index is 1.81. The van der Waals surface area contributed by atoms with E-state index in [4.69, 9.17) is 4.74 Å². The van der Waals surface area contributed by atoms with Crippen molar-refractivity contribution < 1.29 is 4.74 Å². The van der Waals surface area contributed by atoms with Crippen molar-refractivity contribution in [2.45, 2.75) is 71.1 Å². The maximum absolute atomic E-state index is 5.18. The highest BCUT2D eigenvalue weighted by atomic mass is 16.5. The van der Waals surface area contributed by atoms with Gasteiger partial charge in [0.05, 0.1) is 0 Å². The number of hydrogen-bond acceptors (Lipinski definition) is 2. The Bertz CT molecular complexity index is 190. The van der Waals surface area contributed by atoms with Crippen molar-refractivity contribution in [3.05, 3.63) is 0 Å². The molecule has 1 aliphatic rings. The first-order valence-electron chi connectivity index (χ1n) is 8.03. The van der Waals surface area contributed by atoms with Gasteiger partial charge in [0.25, 0.3) is 0 Å². The van der Waals surface area contributed by atoms with Crippen LogP contribution in [0.25, 0.3) is 0 Å². The van der Waals surface area contributed by atoms with Gasteiger partial charge in [-0.25, -0.2) is 0 Å². The maximum Gasteiger partial charge on any atom is 0.0468 e. The van der Waals surface area contributed by atoms with Crippen molar-refractivity contribution in [2.75, 3.05) is 26.8 Å². The van der Waals surface area contributed by atoms with Crippen molar-refractivity contribution in [1.29, 1.82) is 0 Å². The predicted molar refractivity (Wildman–Crippen MR) is 79.0 cm³/mol. The normalized spacial score (nSPS) is 17.0. The molecule has 1 N–H and O–H groups in total. The van der Waals surface area contributed by atoms with Crippen molar-refractivity contribution in [3.63, 3.8) is 0 Å². The molecule has 0 aromatic heterocycles. The van der Waals surface area contributed by atoms with Crippen LogP contribution in [0, 0.1) is 5.41 Å². The highest BCUT2D eigenvalue weighted by Gasteiger charge is 2.41. The number of hydrogen-bond donors (Lipinski definition) is 1. The molecule has 0 spiro atoms. The molecule has 0 amide bonds. The lowest BCUT2D eigenvalue weighted by Crippen LogP contribution is -2.25. The van der Waals surface area contributed by atoms with Crippen LogP contribution in [0.2, 0.25) is 0 Å². The van der Waals surface area contributed by atoms with E-state index in [1.54, 1.807) is 0 Å². The summed E-state index contributed by atoms with van der Waals surface area (Å²) in [5.74, 6) is 0. The van der Waals surface area contributed by atoms with Crippen LogP contribution in [0.1, 0.15) is 71.1 Å². The van der Waals surface area contributed by atoms with Gasteiger partial charge in [-0.15, -0.1) is 0 Å². The predicted octanol–water partition coefficient (Wildman–Crippen LogP) is 4.14. The summed E-state index contributed by atoms with van der Waals surface area (Å²) in [4.78, 5) is 0. The van der Waals surface area contributed by atoms with Gasteiger partial charge in [-0.1, -0.05) is 45.4 Å². The summed E-state index contributed by atoms with van der Waals surface area (Å²) in [6.45, 7) is 5.63. The quantitative estimate of drug-likeness (QED) is 0.499. The van der Waals surface area contributed by atoms with E-state index in [1.165, 1.54) is 77.3 Å². The Morgan fingerprint density at radius 3 is 2.28 bits per heavy atom. The summed E-state index contributed by atoms with van der Waals surface area (Å²) < 4.78 is 5.18. The van der Waals surface area contributed by atoms with E-state index in [0.717, 1.165) is 6.61 Å². The standard InChI is InChI=1S/C16H33NO/c1-3-4-5-6-7-8-9-13-17-15-16(10-11-16)12-14-18-2/h17H,3-15H2,1-2H3. The molecule has 1 fully saturated rings. The van der Waals surface area contributed by atoms with Gasteiger partial charge in [-0.2, -0.15) is 0 Å². The summed E-state index contributed by atoms with van der Waals surface area (Å²) in [5, 5.41) is 3.64. The number of rotatable bonds is 13. The molecule has 1 rings (SSSR count). The Kier molecular flexibility index (Phi) is 8.70. The number of ether oxygens (including phenoxy) is 1. The molecule has 0 atom stereocenters. The van der Waals surface area contributed by atoms with Crippen molar-refractivity contribution in [1.82, 2.24) is 5.32 Å². The van der Waals surface area contributed by atoms with E-state index in [0.29, 0.717) is 5.41 Å². The van der Waals surface area contributed by atoms with Gasteiger partial charge in [0.1, 0.15) is 0 Å². The first-order valence-corrected chi connectivity index (χ1v) is 8.03. The average molecular weight is 255 g/mol. The molecule has 2 nitrogen and oxygen atoms in total. The lowest BCUT2D eigenvalue weighted by molar-refractivity contribution is 0.171. The first-order chi connectivity index (χ1) is 8.83. The highest BCUT2D eigenvalue weighted by Crippen LogP contribution is 2.48. The molecule has 18 heavy (non-hydrogen) atoms. The molecule has 1 aliphatic carbocycles. The molecular weight excluding hydrogens is 222 g/mol. The maximum atomic E-state index is 5.18. The SMILES string of the molecule is CCCCCCCCCNCC1(CCOC)CC1. The second-order valence-corrected chi connectivity index (χ2v) is 6.04. The van der Waals surface area contributed by atoms with E-state index in [-0.39, 0.29) is 0 Å². The topological polar surface area (TPSA) is 21.3 Å². The third-order valence-corrected chi connectivity index (χ3v) is 4.25. The minimum absolute atomic E-state index is 0.608. The summed E-state index contributed by atoms with van der Waals surface area (Å²) in [6, 6.07) is 0. The fourth-order valence-corrected chi connectivity index (χ4v) is 2.57. The van der Waals surface area contributed by atoms with Crippen LogP contribution in [0.5, 0.6) is 0 Å². The van der Waals surface area contributed by atoms with Crippen LogP contribution in [0.4, 0.5) is 0 Å². The van der Waals surface area contributed by atoms with Gasteiger partial charge in [0, 0.05) is 20.3 Å².